The summed E-state index contributed by atoms with van der Waals surface area (Å²) < 4.78 is 6.69. The summed E-state index contributed by atoms with van der Waals surface area (Å²) in [6.07, 6.45) is 0.704. The molecule has 21 heavy (non-hydrogen) atoms. The lowest BCUT2D eigenvalue weighted by molar-refractivity contribution is 0.0760. The number of benzene rings is 2. The summed E-state index contributed by atoms with van der Waals surface area (Å²) in [7, 11) is 0. The van der Waals surface area contributed by atoms with Gasteiger partial charge in [-0.15, -0.1) is 0 Å². The van der Waals surface area contributed by atoms with Gasteiger partial charge in [-0.25, -0.2) is 0 Å². The van der Waals surface area contributed by atoms with Crippen molar-refractivity contribution in [1.82, 2.24) is 0 Å². The maximum atomic E-state index is 11.2. The third-order valence-corrected chi connectivity index (χ3v) is 3.99. The molecule has 1 unspecified atom stereocenters. The molecule has 1 N–H and O–H groups in total. The van der Waals surface area contributed by atoms with E-state index < -0.39 is 5.60 Å². The van der Waals surface area contributed by atoms with Crippen molar-refractivity contribution in [2.75, 3.05) is 0 Å². The van der Waals surface area contributed by atoms with Crippen molar-refractivity contribution < 1.29 is 9.84 Å². The summed E-state index contributed by atoms with van der Waals surface area (Å²) >= 11 is 3.47. The number of hydrogen-bond acceptors (Lipinski definition) is 2. The van der Waals surface area contributed by atoms with Crippen LogP contribution in [0.25, 0.3) is 0 Å². The quantitative estimate of drug-likeness (QED) is 0.833. The molecular weight excluding hydrogens is 328 g/mol. The van der Waals surface area contributed by atoms with E-state index in [1.807, 2.05) is 69.3 Å². The molecule has 0 aliphatic rings. The zero-order chi connectivity index (χ0) is 15.5. The van der Waals surface area contributed by atoms with Crippen LogP contribution < -0.4 is 4.74 Å². The number of hydrogen-bond donors (Lipinski definition) is 1. The molecule has 3 heteroatoms. The largest absolute Gasteiger partial charge is 0.491 e. The van der Waals surface area contributed by atoms with Gasteiger partial charge >= 0.3 is 0 Å². The average molecular weight is 349 g/mol. The zero-order valence-electron chi connectivity index (χ0n) is 12.6. The molecule has 0 aromatic heterocycles. The van der Waals surface area contributed by atoms with Gasteiger partial charge in [-0.1, -0.05) is 47.1 Å². The predicted molar refractivity (Wildman–Crippen MR) is 89.6 cm³/mol. The lowest BCUT2D eigenvalue weighted by Crippen LogP contribution is -2.26. The van der Waals surface area contributed by atoms with Gasteiger partial charge in [0.25, 0.3) is 0 Å². The van der Waals surface area contributed by atoms with E-state index in [9.17, 15) is 5.11 Å². The van der Waals surface area contributed by atoms with Crippen LogP contribution in [-0.2, 0) is 5.60 Å². The number of halogens is 1. The van der Waals surface area contributed by atoms with Crippen molar-refractivity contribution in [3.63, 3.8) is 0 Å². The minimum absolute atomic E-state index is 0.112. The van der Waals surface area contributed by atoms with E-state index in [1.165, 1.54) is 0 Å². The van der Waals surface area contributed by atoms with E-state index in [4.69, 9.17) is 4.74 Å². The molecule has 0 amide bonds. The van der Waals surface area contributed by atoms with Crippen molar-refractivity contribution >= 4 is 15.9 Å². The Morgan fingerprint density at radius 1 is 1.10 bits per heavy atom. The summed E-state index contributed by atoms with van der Waals surface area (Å²) in [6, 6.07) is 15.5. The lowest BCUT2D eigenvalue weighted by Gasteiger charge is -2.28. The van der Waals surface area contributed by atoms with E-state index in [1.54, 1.807) is 0 Å². The average Bonchev–Trinajstić information content (AvgIpc) is 2.46. The minimum Gasteiger partial charge on any atom is -0.491 e. The van der Waals surface area contributed by atoms with Crippen molar-refractivity contribution in [3.05, 3.63) is 64.1 Å². The van der Waals surface area contributed by atoms with Gasteiger partial charge in [-0.05, 0) is 55.7 Å². The Bertz CT molecular complexity index is 610. The fourth-order valence-electron chi connectivity index (χ4n) is 2.42. The smallest absolute Gasteiger partial charge is 0.120 e. The standard InChI is InChI=1S/C18H21BrO2/c1-4-18(20,14-7-5-9-16(19)11-14)15-8-6-10-17(12-15)21-13(2)3/h5-13,20H,4H2,1-3H3. The third-order valence-electron chi connectivity index (χ3n) is 3.50. The molecule has 2 rings (SSSR count). The Hall–Kier alpha value is -1.32. The Morgan fingerprint density at radius 3 is 2.29 bits per heavy atom. The van der Waals surface area contributed by atoms with Gasteiger partial charge in [-0.2, -0.15) is 0 Å². The summed E-state index contributed by atoms with van der Waals surface area (Å²) in [6.45, 7) is 5.97. The highest BCUT2D eigenvalue weighted by Crippen LogP contribution is 2.35. The van der Waals surface area contributed by atoms with Gasteiger partial charge in [0.05, 0.1) is 6.10 Å². The summed E-state index contributed by atoms with van der Waals surface area (Å²) in [5.74, 6) is 0.782. The van der Waals surface area contributed by atoms with Crippen molar-refractivity contribution in [3.8, 4) is 5.75 Å². The highest BCUT2D eigenvalue weighted by Gasteiger charge is 2.30. The molecule has 0 aliphatic heterocycles. The molecule has 1 atom stereocenters. The summed E-state index contributed by atoms with van der Waals surface area (Å²) in [5.41, 5.74) is 0.711. The molecule has 112 valence electrons. The van der Waals surface area contributed by atoms with E-state index in [0.29, 0.717) is 6.42 Å². The SMILES string of the molecule is CCC(O)(c1cccc(Br)c1)c1cccc(OC(C)C)c1. The van der Waals surface area contributed by atoms with E-state index in [-0.39, 0.29) is 6.10 Å². The Kier molecular flexibility index (Phi) is 5.07. The summed E-state index contributed by atoms with van der Waals surface area (Å²) in [4.78, 5) is 0. The number of aliphatic hydroxyl groups is 1. The zero-order valence-corrected chi connectivity index (χ0v) is 14.2. The molecular formula is C18H21BrO2. The monoisotopic (exact) mass is 348 g/mol. The molecule has 0 heterocycles. The van der Waals surface area contributed by atoms with Crippen LogP contribution in [0.4, 0.5) is 0 Å². The molecule has 0 fully saturated rings. The Labute approximate surface area is 134 Å². The van der Waals surface area contributed by atoms with Crippen LogP contribution in [-0.4, -0.2) is 11.2 Å². The van der Waals surface area contributed by atoms with Gasteiger partial charge in [0, 0.05) is 4.47 Å². The van der Waals surface area contributed by atoms with Crippen molar-refractivity contribution in [1.29, 1.82) is 0 Å². The van der Waals surface area contributed by atoms with Crippen LogP contribution in [0, 0.1) is 0 Å². The molecule has 0 saturated carbocycles. The highest BCUT2D eigenvalue weighted by molar-refractivity contribution is 9.10. The molecule has 2 aromatic carbocycles. The van der Waals surface area contributed by atoms with Crippen molar-refractivity contribution in [2.45, 2.75) is 38.9 Å². The molecule has 0 bridgehead atoms. The van der Waals surface area contributed by atoms with Gasteiger partial charge in [-0.3, -0.25) is 0 Å². The minimum atomic E-state index is -1.01. The van der Waals surface area contributed by atoms with E-state index >= 15 is 0 Å². The van der Waals surface area contributed by atoms with Crippen LogP contribution in [0.2, 0.25) is 0 Å². The van der Waals surface area contributed by atoms with Gasteiger partial charge in [0.15, 0.2) is 0 Å². The van der Waals surface area contributed by atoms with Gasteiger partial charge in [0.1, 0.15) is 11.4 Å². The van der Waals surface area contributed by atoms with Gasteiger partial charge < -0.3 is 9.84 Å². The first kappa shape index (κ1) is 16.1. The second-order valence-electron chi connectivity index (χ2n) is 5.42. The van der Waals surface area contributed by atoms with Gasteiger partial charge in [0.2, 0.25) is 0 Å². The lowest BCUT2D eigenvalue weighted by atomic mass is 9.84. The van der Waals surface area contributed by atoms with E-state index in [0.717, 1.165) is 21.3 Å². The van der Waals surface area contributed by atoms with Crippen LogP contribution in [0.3, 0.4) is 0 Å². The van der Waals surface area contributed by atoms with Crippen LogP contribution in [0.15, 0.2) is 53.0 Å². The maximum Gasteiger partial charge on any atom is 0.120 e. The van der Waals surface area contributed by atoms with Crippen molar-refractivity contribution in [2.24, 2.45) is 0 Å². The first-order valence-electron chi connectivity index (χ1n) is 7.21. The second kappa shape index (κ2) is 6.63. The predicted octanol–water partition coefficient (Wildman–Crippen LogP) is 4.88. The first-order valence-corrected chi connectivity index (χ1v) is 8.00. The van der Waals surface area contributed by atoms with E-state index in [2.05, 4.69) is 15.9 Å². The Balaban J connectivity index is 2.45. The fraction of sp³-hybridized carbons (Fsp3) is 0.333. The summed E-state index contributed by atoms with van der Waals surface area (Å²) in [5, 5.41) is 11.2. The maximum absolute atomic E-state index is 11.2. The number of rotatable bonds is 5. The third kappa shape index (κ3) is 3.66. The number of ether oxygens (including phenoxy) is 1. The molecule has 2 aromatic rings. The molecule has 0 aliphatic carbocycles. The van der Waals surface area contributed by atoms with Crippen LogP contribution >= 0.6 is 15.9 Å². The van der Waals surface area contributed by atoms with Crippen LogP contribution in [0.5, 0.6) is 5.75 Å². The topological polar surface area (TPSA) is 29.5 Å². The van der Waals surface area contributed by atoms with Crippen LogP contribution in [0.1, 0.15) is 38.3 Å². The molecule has 0 spiro atoms. The highest BCUT2D eigenvalue weighted by atomic mass is 79.9. The fourth-order valence-corrected chi connectivity index (χ4v) is 2.82. The molecule has 0 radical (unpaired) electrons. The molecule has 0 saturated heterocycles. The normalized spacial score (nSPS) is 14.0. The molecule has 2 nitrogen and oxygen atoms in total. The second-order valence-corrected chi connectivity index (χ2v) is 6.33. The first-order chi connectivity index (χ1) is 9.95. The Morgan fingerprint density at radius 2 is 1.71 bits per heavy atom.